The van der Waals surface area contributed by atoms with Crippen molar-refractivity contribution >= 4 is 43.2 Å². The molecular formula is C14H10Cl2N2O2S2Zn. The quantitative estimate of drug-likeness (QED) is 0.291. The molecule has 0 aliphatic carbocycles. The molecule has 0 saturated heterocycles. The van der Waals surface area contributed by atoms with Gasteiger partial charge in [-0.05, 0) is 24.3 Å². The molecule has 0 saturated carbocycles. The fourth-order valence-corrected chi connectivity index (χ4v) is 3.26. The Bertz CT molecular complexity index is 897. The third kappa shape index (κ3) is 5.00. The normalized spacial score (nSPS) is 9.04. The monoisotopic (exact) mass is 436 g/mol. The van der Waals surface area contributed by atoms with Crippen molar-refractivity contribution in [3.63, 3.8) is 0 Å². The summed E-state index contributed by atoms with van der Waals surface area (Å²) in [6.45, 7) is 0. The van der Waals surface area contributed by atoms with Crippen molar-refractivity contribution in [2.24, 2.45) is 0 Å². The number of nitrogens with one attached hydrogen (secondary N) is 2. The van der Waals surface area contributed by atoms with Crippen LogP contribution in [0.15, 0.2) is 58.1 Å². The number of rotatable bonds is 0. The second-order valence-electron chi connectivity index (χ2n) is 4.06. The summed E-state index contributed by atoms with van der Waals surface area (Å²) in [7, 11) is 0. The standard InChI is InChI=1S/2C7H5NOS.2ClH.Zn/c2*9-7-5-3-1-2-4-6(5)10-8-7;;;/h2*1-4H,(H,8,9);2*1H;/q;;;;+2/p-2. The summed E-state index contributed by atoms with van der Waals surface area (Å²) in [6.07, 6.45) is 0. The number of aromatic nitrogens is 2. The van der Waals surface area contributed by atoms with Gasteiger partial charge in [-0.2, -0.15) is 0 Å². The molecular weight excluding hydrogens is 429 g/mol. The number of hydrogen-bond donors (Lipinski definition) is 2. The molecule has 0 aliphatic heterocycles. The predicted octanol–water partition coefficient (Wildman–Crippen LogP) is -2.82. The van der Waals surface area contributed by atoms with Gasteiger partial charge in [0.1, 0.15) is 0 Å². The molecule has 2 aromatic heterocycles. The molecule has 0 unspecified atom stereocenters. The van der Waals surface area contributed by atoms with Gasteiger partial charge in [0.25, 0.3) is 11.1 Å². The number of H-pyrrole nitrogens is 2. The summed E-state index contributed by atoms with van der Waals surface area (Å²) >= 11 is 2.75. The van der Waals surface area contributed by atoms with Crippen molar-refractivity contribution in [2.75, 3.05) is 0 Å². The molecule has 9 heteroatoms. The van der Waals surface area contributed by atoms with E-state index in [1.54, 1.807) is 0 Å². The van der Waals surface area contributed by atoms with Crippen LogP contribution in [0.3, 0.4) is 0 Å². The largest absolute Gasteiger partial charge is 2.00 e. The van der Waals surface area contributed by atoms with Crippen molar-refractivity contribution in [1.29, 1.82) is 0 Å². The van der Waals surface area contributed by atoms with Gasteiger partial charge in [-0.25, -0.2) is 0 Å². The molecule has 0 atom stereocenters. The van der Waals surface area contributed by atoms with Crippen molar-refractivity contribution in [3.05, 3.63) is 69.2 Å². The van der Waals surface area contributed by atoms with Gasteiger partial charge in [0, 0.05) is 0 Å². The summed E-state index contributed by atoms with van der Waals surface area (Å²) < 4.78 is 7.37. The number of fused-ring (bicyclic) bond motifs is 2. The van der Waals surface area contributed by atoms with Crippen molar-refractivity contribution < 1.29 is 44.3 Å². The van der Waals surface area contributed by atoms with E-state index in [2.05, 4.69) is 8.75 Å². The van der Waals surface area contributed by atoms with Gasteiger partial charge in [0.2, 0.25) is 0 Å². The van der Waals surface area contributed by atoms with Gasteiger partial charge in [-0.1, -0.05) is 47.3 Å². The van der Waals surface area contributed by atoms with E-state index in [4.69, 9.17) is 0 Å². The van der Waals surface area contributed by atoms with Gasteiger partial charge in [0.05, 0.1) is 20.2 Å². The van der Waals surface area contributed by atoms with E-state index < -0.39 is 0 Å². The number of aromatic amines is 2. The van der Waals surface area contributed by atoms with E-state index in [1.807, 2.05) is 48.5 Å². The van der Waals surface area contributed by atoms with E-state index in [-0.39, 0.29) is 55.4 Å². The van der Waals surface area contributed by atoms with E-state index in [0.717, 1.165) is 20.2 Å². The Hall–Kier alpha value is -0.977. The van der Waals surface area contributed by atoms with E-state index >= 15 is 0 Å². The van der Waals surface area contributed by atoms with Crippen molar-refractivity contribution in [1.82, 2.24) is 8.75 Å². The van der Waals surface area contributed by atoms with Crippen LogP contribution in [0.2, 0.25) is 0 Å². The molecule has 0 spiro atoms. The Kier molecular flexibility index (Phi) is 9.58. The minimum Gasteiger partial charge on any atom is -1.00 e. The van der Waals surface area contributed by atoms with Crippen LogP contribution < -0.4 is 35.9 Å². The van der Waals surface area contributed by atoms with Crippen LogP contribution in [0.4, 0.5) is 0 Å². The SMILES string of the molecule is O=c1[nH]sc2ccccc12.O=c1[nH]sc2ccccc12.[Cl-].[Cl-].[Zn+2]. The summed E-state index contributed by atoms with van der Waals surface area (Å²) in [5.74, 6) is 0. The summed E-state index contributed by atoms with van der Waals surface area (Å²) in [4.78, 5) is 21.9. The van der Waals surface area contributed by atoms with Gasteiger partial charge in [0.15, 0.2) is 0 Å². The van der Waals surface area contributed by atoms with E-state index in [1.165, 1.54) is 23.1 Å². The first-order valence-electron chi connectivity index (χ1n) is 5.88. The minimum absolute atomic E-state index is 0. The Morgan fingerprint density at radius 1 is 0.652 bits per heavy atom. The molecule has 4 rings (SSSR count). The smallest absolute Gasteiger partial charge is 1.00 e. The summed E-state index contributed by atoms with van der Waals surface area (Å²) in [5, 5.41) is 1.57. The Morgan fingerprint density at radius 3 is 1.35 bits per heavy atom. The second-order valence-corrected chi connectivity index (χ2v) is 5.75. The van der Waals surface area contributed by atoms with Crippen LogP contribution >= 0.6 is 23.1 Å². The molecule has 0 bridgehead atoms. The molecule has 4 nitrogen and oxygen atoms in total. The average Bonchev–Trinajstić information content (AvgIpc) is 3.05. The van der Waals surface area contributed by atoms with Crippen LogP contribution in [0.5, 0.6) is 0 Å². The van der Waals surface area contributed by atoms with E-state index in [0.29, 0.717) is 0 Å². The third-order valence-electron chi connectivity index (χ3n) is 2.77. The molecule has 2 heterocycles. The summed E-state index contributed by atoms with van der Waals surface area (Å²) in [5.41, 5.74) is 0.0289. The number of halogens is 2. The zero-order valence-electron chi connectivity index (χ0n) is 11.7. The Labute approximate surface area is 164 Å². The molecule has 0 radical (unpaired) electrons. The molecule has 2 N–H and O–H groups in total. The fourth-order valence-electron chi connectivity index (χ4n) is 1.80. The van der Waals surface area contributed by atoms with Crippen LogP contribution in [0, 0.1) is 0 Å². The maximum atomic E-state index is 10.9. The van der Waals surface area contributed by atoms with Gasteiger partial charge in [-0.15, -0.1) is 0 Å². The van der Waals surface area contributed by atoms with E-state index in [9.17, 15) is 9.59 Å². The maximum Gasteiger partial charge on any atom is 2.00 e. The Morgan fingerprint density at radius 2 is 1.00 bits per heavy atom. The molecule has 0 fully saturated rings. The number of benzene rings is 2. The molecule has 23 heavy (non-hydrogen) atoms. The first-order chi connectivity index (χ1) is 9.75. The average molecular weight is 439 g/mol. The zero-order chi connectivity index (χ0) is 13.9. The fraction of sp³-hybridized carbons (Fsp3) is 0. The number of hydrogen-bond acceptors (Lipinski definition) is 4. The van der Waals surface area contributed by atoms with Crippen LogP contribution in [0.1, 0.15) is 0 Å². The first-order valence-corrected chi connectivity index (χ1v) is 7.51. The van der Waals surface area contributed by atoms with Crippen molar-refractivity contribution in [3.8, 4) is 0 Å². The Balaban J connectivity index is 0.000000372. The molecule has 2 aromatic carbocycles. The summed E-state index contributed by atoms with van der Waals surface area (Å²) in [6, 6.07) is 15.1. The molecule has 0 aliphatic rings. The first kappa shape index (κ1) is 22.0. The van der Waals surface area contributed by atoms with Crippen LogP contribution in [0.25, 0.3) is 20.2 Å². The maximum absolute atomic E-state index is 10.9. The predicted molar refractivity (Wildman–Crippen MR) is 84.9 cm³/mol. The molecule has 116 valence electrons. The molecule has 4 aromatic rings. The van der Waals surface area contributed by atoms with Crippen LogP contribution in [-0.4, -0.2) is 8.75 Å². The zero-order valence-corrected chi connectivity index (χ0v) is 17.8. The third-order valence-corrected chi connectivity index (χ3v) is 4.50. The topological polar surface area (TPSA) is 65.7 Å². The van der Waals surface area contributed by atoms with Gasteiger partial charge >= 0.3 is 19.5 Å². The molecule has 0 amide bonds. The van der Waals surface area contributed by atoms with Gasteiger partial charge in [-0.3, -0.25) is 18.3 Å². The second kappa shape index (κ2) is 10.0. The van der Waals surface area contributed by atoms with Crippen LogP contribution in [-0.2, 0) is 19.5 Å². The minimum atomic E-state index is 0. The van der Waals surface area contributed by atoms with Crippen molar-refractivity contribution in [2.45, 2.75) is 0 Å². The van der Waals surface area contributed by atoms with Gasteiger partial charge < -0.3 is 24.8 Å².